The maximum atomic E-state index is 11.4. The van der Waals surface area contributed by atoms with Gasteiger partial charge in [0.15, 0.2) is 5.71 Å². The van der Waals surface area contributed by atoms with Crippen molar-refractivity contribution in [3.8, 4) is 0 Å². The second kappa shape index (κ2) is 9.50. The van der Waals surface area contributed by atoms with E-state index in [1.165, 1.54) is 17.0 Å². The van der Waals surface area contributed by atoms with E-state index >= 15 is 0 Å². The van der Waals surface area contributed by atoms with Gasteiger partial charge in [-0.2, -0.15) is 4.58 Å². The van der Waals surface area contributed by atoms with E-state index in [-0.39, 0.29) is 11.4 Å². The molecule has 1 heterocycles. The molecule has 2 rings (SSSR count). The summed E-state index contributed by atoms with van der Waals surface area (Å²) in [6, 6.07) is 6.10. The quantitative estimate of drug-likeness (QED) is 0.159. The van der Waals surface area contributed by atoms with Gasteiger partial charge < -0.3 is 4.74 Å². The number of hydrogen-bond donors (Lipinski definition) is 1. The van der Waals surface area contributed by atoms with Gasteiger partial charge in [-0.25, -0.2) is 5.26 Å². The first-order valence-electron chi connectivity index (χ1n) is 8.98. The van der Waals surface area contributed by atoms with Crippen molar-refractivity contribution in [2.45, 2.75) is 63.7 Å². The number of ether oxygens (including phenoxy) is 1. The van der Waals surface area contributed by atoms with Crippen LogP contribution in [0.5, 0.6) is 0 Å². The van der Waals surface area contributed by atoms with Crippen LogP contribution < -0.4 is 0 Å². The summed E-state index contributed by atoms with van der Waals surface area (Å²) in [5.74, 6) is -0.109. The zero-order valence-corrected chi connectivity index (χ0v) is 16.7. The highest BCUT2D eigenvalue weighted by Gasteiger charge is 2.42. The number of carbonyl (C=O) groups excluding carboxylic acids is 1. The predicted octanol–water partition coefficient (Wildman–Crippen LogP) is 4.63. The Morgan fingerprint density at radius 2 is 2.04 bits per heavy atom. The molecule has 1 aromatic rings. The fourth-order valence-electron chi connectivity index (χ4n) is 3.31. The first kappa shape index (κ1) is 20.9. The minimum absolute atomic E-state index is 0.0725. The molecule has 0 spiro atoms. The number of benzene rings is 1. The van der Waals surface area contributed by atoms with Crippen LogP contribution in [-0.4, -0.2) is 34.7 Å². The molecule has 0 unspecified atom stereocenters. The van der Waals surface area contributed by atoms with Crippen molar-refractivity contribution in [1.29, 1.82) is 0 Å². The van der Waals surface area contributed by atoms with Crippen LogP contribution in [0.25, 0.3) is 0 Å². The average molecular weight is 383 g/mol. The van der Waals surface area contributed by atoms with E-state index in [4.69, 9.17) is 9.99 Å². The number of fused-ring (bicyclic) bond motifs is 1. The Balaban J connectivity index is 1.99. The molecule has 0 saturated heterocycles. The minimum atomic E-state index is -0.109. The summed E-state index contributed by atoms with van der Waals surface area (Å²) >= 11 is 0.977. The molecular formula is C19H28NO5S+. The van der Waals surface area contributed by atoms with E-state index in [2.05, 4.69) is 46.9 Å². The smallest absolute Gasteiger partial charge is 0.305 e. The Morgan fingerprint density at radius 1 is 1.27 bits per heavy atom. The highest BCUT2D eigenvalue weighted by molar-refractivity contribution is 7.94. The molecule has 0 radical (unpaired) electrons. The molecule has 1 N–H and O–H groups in total. The zero-order chi connectivity index (χ0) is 19.2. The van der Waals surface area contributed by atoms with Crippen LogP contribution >= 0.6 is 12.0 Å². The third kappa shape index (κ3) is 4.85. The number of nitrogens with zero attached hydrogens (tertiary/aromatic N) is 1. The molecule has 7 heteroatoms. The summed E-state index contributed by atoms with van der Waals surface area (Å²) in [5, 5.41) is 12.0. The molecule has 0 fully saturated rings. The molecule has 0 aliphatic carbocycles. The van der Waals surface area contributed by atoms with Gasteiger partial charge >= 0.3 is 5.97 Å². The molecule has 0 aromatic heterocycles. The third-order valence-corrected chi connectivity index (χ3v) is 5.55. The lowest BCUT2D eigenvalue weighted by Gasteiger charge is -2.15. The highest BCUT2D eigenvalue weighted by atomic mass is 32.2. The van der Waals surface area contributed by atoms with Crippen LogP contribution in [0.15, 0.2) is 23.1 Å². The molecule has 0 saturated carbocycles. The van der Waals surface area contributed by atoms with Crippen molar-refractivity contribution in [3.05, 3.63) is 23.8 Å². The lowest BCUT2D eigenvalue weighted by Crippen LogP contribution is -2.26. The van der Waals surface area contributed by atoms with Crippen LogP contribution in [0.1, 0.15) is 58.9 Å². The molecular weight excluding hydrogens is 354 g/mol. The molecule has 0 atom stereocenters. The predicted molar refractivity (Wildman–Crippen MR) is 101 cm³/mol. The third-order valence-electron chi connectivity index (χ3n) is 4.97. The molecule has 1 aromatic carbocycles. The number of carbonyl (C=O) groups is 1. The van der Waals surface area contributed by atoms with Gasteiger partial charge in [0.2, 0.25) is 5.69 Å². The Hall–Kier alpha value is -1.41. The molecule has 0 amide bonds. The van der Waals surface area contributed by atoms with E-state index in [0.717, 1.165) is 42.7 Å². The average Bonchev–Trinajstić information content (AvgIpc) is 2.80. The van der Waals surface area contributed by atoms with Crippen LogP contribution in [0.2, 0.25) is 0 Å². The van der Waals surface area contributed by atoms with Crippen LogP contribution in [-0.2, 0) is 24.3 Å². The zero-order valence-electron chi connectivity index (χ0n) is 15.9. The summed E-state index contributed by atoms with van der Waals surface area (Å²) in [5.41, 5.74) is 3.66. The minimum Gasteiger partial charge on any atom is -0.466 e. The van der Waals surface area contributed by atoms with E-state index in [1.54, 1.807) is 0 Å². The van der Waals surface area contributed by atoms with Crippen LogP contribution in [0, 0.1) is 0 Å². The van der Waals surface area contributed by atoms with Gasteiger partial charge in [0.25, 0.3) is 0 Å². The Kier molecular flexibility index (Phi) is 7.64. The van der Waals surface area contributed by atoms with Gasteiger partial charge in [0.05, 0.1) is 24.1 Å². The first-order valence-corrected chi connectivity index (χ1v) is 9.72. The van der Waals surface area contributed by atoms with E-state index in [1.807, 2.05) is 13.0 Å². The Morgan fingerprint density at radius 3 is 2.73 bits per heavy atom. The van der Waals surface area contributed by atoms with Crippen molar-refractivity contribution in [2.24, 2.45) is 0 Å². The van der Waals surface area contributed by atoms with Crippen LogP contribution in [0.3, 0.4) is 0 Å². The molecule has 26 heavy (non-hydrogen) atoms. The molecule has 1 aliphatic rings. The summed E-state index contributed by atoms with van der Waals surface area (Å²) in [4.78, 5) is 12.3. The highest BCUT2D eigenvalue weighted by Crippen LogP contribution is 2.41. The topological polar surface area (TPSA) is 68.0 Å². The summed E-state index contributed by atoms with van der Waals surface area (Å²) in [7, 11) is 0. The lowest BCUT2D eigenvalue weighted by molar-refractivity contribution is -0.439. The normalized spacial score (nSPS) is 15.3. The molecule has 6 nitrogen and oxygen atoms in total. The van der Waals surface area contributed by atoms with Gasteiger partial charge in [-0.15, -0.1) is 4.33 Å². The van der Waals surface area contributed by atoms with Crippen molar-refractivity contribution in [3.63, 3.8) is 0 Å². The number of unbranched alkanes of at least 4 members (excludes halogenated alkanes) is 2. The fourth-order valence-corrected chi connectivity index (χ4v) is 3.71. The van der Waals surface area contributed by atoms with Crippen molar-refractivity contribution >= 4 is 29.4 Å². The van der Waals surface area contributed by atoms with E-state index in [0.29, 0.717) is 13.0 Å². The van der Waals surface area contributed by atoms with Crippen molar-refractivity contribution in [2.75, 3.05) is 13.2 Å². The van der Waals surface area contributed by atoms with Gasteiger partial charge in [-0.05, 0) is 45.7 Å². The van der Waals surface area contributed by atoms with Gasteiger partial charge in [-0.3, -0.25) is 4.79 Å². The maximum Gasteiger partial charge on any atom is 0.305 e. The van der Waals surface area contributed by atoms with Gasteiger partial charge in [0.1, 0.15) is 6.54 Å². The number of hydrogen-bond acceptors (Lipinski definition) is 6. The van der Waals surface area contributed by atoms with E-state index in [9.17, 15) is 4.79 Å². The second-order valence-electron chi connectivity index (χ2n) is 6.88. The van der Waals surface area contributed by atoms with Gasteiger partial charge in [-0.1, -0.05) is 5.04 Å². The van der Waals surface area contributed by atoms with Crippen molar-refractivity contribution < 1.29 is 28.7 Å². The van der Waals surface area contributed by atoms with E-state index < -0.39 is 0 Å². The summed E-state index contributed by atoms with van der Waals surface area (Å²) in [6.45, 7) is 9.78. The Bertz CT molecular complexity index is 672. The molecule has 1 aliphatic heterocycles. The first-order chi connectivity index (χ1) is 12.4. The lowest BCUT2D eigenvalue weighted by atomic mass is 9.82. The SMILES string of the molecule is CCOC(=O)CCCCC[N+]1=C(C)C(C)(C)c2cc(SOOO)ccc21. The monoisotopic (exact) mass is 382 g/mol. The number of esters is 1. The second-order valence-corrected chi connectivity index (χ2v) is 7.66. The number of rotatable bonds is 10. The molecule has 0 bridgehead atoms. The largest absolute Gasteiger partial charge is 0.466 e. The summed E-state index contributed by atoms with van der Waals surface area (Å²) < 4.78 is 11.9. The standard InChI is InChI=1S/C19H27NO5S/c1-5-23-18(21)9-7-6-8-12-20-14(2)19(3,4)16-13-15(26-25-24-22)10-11-17(16)20/h10-11,13H,5-9,12H2,1-4H3/p+1. The van der Waals surface area contributed by atoms with Crippen LogP contribution in [0.4, 0.5) is 5.69 Å². The molecule has 144 valence electrons. The van der Waals surface area contributed by atoms with Crippen molar-refractivity contribution in [1.82, 2.24) is 0 Å². The van der Waals surface area contributed by atoms with Gasteiger partial charge in [0, 0.05) is 36.3 Å². The summed E-state index contributed by atoms with van der Waals surface area (Å²) in [6.07, 6.45) is 3.36. The maximum absolute atomic E-state index is 11.4. The Labute approximate surface area is 159 Å². The fraction of sp³-hybridized carbons (Fsp3) is 0.579.